The third-order valence-electron chi connectivity index (χ3n) is 2.62. The van der Waals surface area contributed by atoms with Crippen molar-refractivity contribution in [2.75, 3.05) is 18.4 Å². The summed E-state index contributed by atoms with van der Waals surface area (Å²) in [4.78, 5) is 11.5. The van der Waals surface area contributed by atoms with Gasteiger partial charge in [0, 0.05) is 5.69 Å². The Bertz CT molecular complexity index is 425. The Morgan fingerprint density at radius 3 is 2.78 bits per heavy atom. The van der Waals surface area contributed by atoms with Crippen LogP contribution in [0.5, 0.6) is 0 Å². The summed E-state index contributed by atoms with van der Waals surface area (Å²) in [5.41, 5.74) is 0.509. The fraction of sp³-hybridized carbons (Fsp3) is 0.417. The Morgan fingerprint density at radius 1 is 1.44 bits per heavy atom. The number of rotatable bonds is 5. The fourth-order valence-electron chi connectivity index (χ4n) is 1.49. The third kappa shape index (κ3) is 4.80. The molecule has 1 saturated carbocycles. The summed E-state index contributed by atoms with van der Waals surface area (Å²) < 4.78 is 12.9. The first kappa shape index (κ1) is 15.2. The largest absolute Gasteiger partial charge is 0.325 e. The van der Waals surface area contributed by atoms with E-state index in [0.29, 0.717) is 5.69 Å². The Labute approximate surface area is 116 Å². The highest BCUT2D eigenvalue weighted by molar-refractivity contribution is 6.31. The van der Waals surface area contributed by atoms with Crippen molar-refractivity contribution in [3.05, 3.63) is 29.0 Å². The first-order valence-electron chi connectivity index (χ1n) is 5.61. The van der Waals surface area contributed by atoms with E-state index in [9.17, 15) is 9.18 Å². The maximum absolute atomic E-state index is 12.9. The van der Waals surface area contributed by atoms with E-state index in [1.807, 2.05) is 0 Å². The normalized spacial score (nSPS) is 13.9. The standard InChI is InChI=1S/C12H14ClFN2O.ClH/c13-10-5-9(3-4-11(10)14)16-12(17)7-15-6-8-1-2-8;/h3-5,8,15H,1-2,6-7H2,(H,16,17);1H. The van der Waals surface area contributed by atoms with Gasteiger partial charge in [-0.15, -0.1) is 12.4 Å². The van der Waals surface area contributed by atoms with E-state index in [4.69, 9.17) is 11.6 Å². The topological polar surface area (TPSA) is 41.1 Å². The van der Waals surface area contributed by atoms with Gasteiger partial charge in [-0.1, -0.05) is 11.6 Å². The molecule has 100 valence electrons. The third-order valence-corrected chi connectivity index (χ3v) is 2.91. The lowest BCUT2D eigenvalue weighted by molar-refractivity contribution is -0.115. The predicted octanol–water partition coefficient (Wildman–Crippen LogP) is 2.84. The molecule has 1 aliphatic rings. The highest BCUT2D eigenvalue weighted by atomic mass is 35.5. The van der Waals surface area contributed by atoms with Gasteiger partial charge in [-0.2, -0.15) is 0 Å². The molecule has 1 fully saturated rings. The minimum Gasteiger partial charge on any atom is -0.325 e. The lowest BCUT2D eigenvalue weighted by atomic mass is 10.3. The summed E-state index contributed by atoms with van der Waals surface area (Å²) in [5, 5.41) is 5.73. The molecule has 2 rings (SSSR count). The molecule has 0 aromatic heterocycles. The predicted molar refractivity (Wildman–Crippen MR) is 72.9 cm³/mol. The van der Waals surface area contributed by atoms with Crippen LogP contribution in [-0.2, 0) is 4.79 Å². The molecule has 6 heteroatoms. The first-order chi connectivity index (χ1) is 8.15. The number of nitrogens with one attached hydrogen (secondary N) is 2. The van der Waals surface area contributed by atoms with Crippen molar-refractivity contribution in [2.45, 2.75) is 12.8 Å². The van der Waals surface area contributed by atoms with Gasteiger partial charge in [0.15, 0.2) is 0 Å². The van der Waals surface area contributed by atoms with Crippen LogP contribution in [0.2, 0.25) is 5.02 Å². The monoisotopic (exact) mass is 292 g/mol. The second-order valence-electron chi connectivity index (χ2n) is 4.25. The number of hydrogen-bond donors (Lipinski definition) is 2. The van der Waals surface area contributed by atoms with Crippen LogP contribution < -0.4 is 10.6 Å². The zero-order valence-electron chi connectivity index (χ0n) is 9.71. The minimum atomic E-state index is -0.489. The molecule has 1 aromatic rings. The van der Waals surface area contributed by atoms with E-state index in [1.54, 1.807) is 0 Å². The Morgan fingerprint density at radius 2 is 2.17 bits per heavy atom. The van der Waals surface area contributed by atoms with Crippen molar-refractivity contribution in [3.63, 3.8) is 0 Å². The van der Waals surface area contributed by atoms with E-state index >= 15 is 0 Å². The number of amides is 1. The maximum Gasteiger partial charge on any atom is 0.238 e. The molecule has 0 saturated heterocycles. The number of benzene rings is 1. The second kappa shape index (κ2) is 6.92. The molecule has 1 amide bonds. The van der Waals surface area contributed by atoms with Gasteiger partial charge < -0.3 is 10.6 Å². The van der Waals surface area contributed by atoms with E-state index in [1.165, 1.54) is 31.0 Å². The molecule has 0 bridgehead atoms. The molecule has 0 spiro atoms. The number of carbonyl (C=O) groups excluding carboxylic acids is 1. The van der Waals surface area contributed by atoms with Gasteiger partial charge in [0.05, 0.1) is 11.6 Å². The maximum atomic E-state index is 12.9. The van der Waals surface area contributed by atoms with Crippen molar-refractivity contribution in [3.8, 4) is 0 Å². The van der Waals surface area contributed by atoms with Crippen molar-refractivity contribution in [2.24, 2.45) is 5.92 Å². The van der Waals surface area contributed by atoms with Gasteiger partial charge in [0.2, 0.25) is 5.91 Å². The lowest BCUT2D eigenvalue weighted by Gasteiger charge is -2.06. The molecule has 0 radical (unpaired) electrons. The molecular formula is C12H15Cl2FN2O. The van der Waals surface area contributed by atoms with Crippen LogP contribution in [0, 0.1) is 11.7 Å². The van der Waals surface area contributed by atoms with Crippen LogP contribution in [0.4, 0.5) is 10.1 Å². The Balaban J connectivity index is 0.00000162. The fourth-order valence-corrected chi connectivity index (χ4v) is 1.67. The average Bonchev–Trinajstić information content (AvgIpc) is 3.07. The Hall–Kier alpha value is -0.840. The van der Waals surface area contributed by atoms with Gasteiger partial charge >= 0.3 is 0 Å². The number of halogens is 3. The summed E-state index contributed by atoms with van der Waals surface area (Å²) in [7, 11) is 0. The van der Waals surface area contributed by atoms with Gasteiger partial charge in [-0.25, -0.2) is 4.39 Å². The van der Waals surface area contributed by atoms with Crippen molar-refractivity contribution in [1.29, 1.82) is 0 Å². The van der Waals surface area contributed by atoms with Gasteiger partial charge in [-0.05, 0) is 43.5 Å². The minimum absolute atomic E-state index is 0. The van der Waals surface area contributed by atoms with Crippen molar-refractivity contribution in [1.82, 2.24) is 5.32 Å². The quantitative estimate of drug-likeness (QED) is 0.876. The van der Waals surface area contributed by atoms with Crippen LogP contribution in [-0.4, -0.2) is 19.0 Å². The van der Waals surface area contributed by atoms with Gasteiger partial charge in [0.1, 0.15) is 5.82 Å². The zero-order chi connectivity index (χ0) is 12.3. The second-order valence-corrected chi connectivity index (χ2v) is 4.66. The van der Waals surface area contributed by atoms with Crippen LogP contribution >= 0.6 is 24.0 Å². The number of carbonyl (C=O) groups is 1. The number of anilines is 1. The van der Waals surface area contributed by atoms with Crippen LogP contribution in [0.1, 0.15) is 12.8 Å². The molecule has 0 unspecified atom stereocenters. The van der Waals surface area contributed by atoms with E-state index in [2.05, 4.69) is 10.6 Å². The molecule has 0 aliphatic heterocycles. The van der Waals surface area contributed by atoms with Crippen molar-refractivity contribution >= 4 is 35.6 Å². The highest BCUT2D eigenvalue weighted by Crippen LogP contribution is 2.27. The van der Waals surface area contributed by atoms with E-state index in [0.717, 1.165) is 12.5 Å². The van der Waals surface area contributed by atoms with Crippen LogP contribution in [0.25, 0.3) is 0 Å². The molecule has 2 N–H and O–H groups in total. The highest BCUT2D eigenvalue weighted by Gasteiger charge is 2.20. The average molecular weight is 293 g/mol. The molecule has 1 aliphatic carbocycles. The zero-order valence-corrected chi connectivity index (χ0v) is 11.3. The van der Waals surface area contributed by atoms with Crippen LogP contribution in [0.3, 0.4) is 0 Å². The Kier molecular flexibility index (Phi) is 5.85. The summed E-state index contributed by atoms with van der Waals surface area (Å²) in [6.45, 7) is 1.16. The summed E-state index contributed by atoms with van der Waals surface area (Å²) in [6, 6.07) is 4.12. The number of hydrogen-bond acceptors (Lipinski definition) is 2. The lowest BCUT2D eigenvalue weighted by Crippen LogP contribution is -2.29. The first-order valence-corrected chi connectivity index (χ1v) is 5.98. The molecule has 0 heterocycles. The van der Waals surface area contributed by atoms with Gasteiger partial charge in [-0.3, -0.25) is 4.79 Å². The summed E-state index contributed by atoms with van der Waals surface area (Å²) >= 11 is 5.61. The van der Waals surface area contributed by atoms with E-state index in [-0.39, 0.29) is 29.9 Å². The SMILES string of the molecule is Cl.O=C(CNCC1CC1)Nc1ccc(F)c(Cl)c1. The van der Waals surface area contributed by atoms with Gasteiger partial charge in [0.25, 0.3) is 0 Å². The summed E-state index contributed by atoms with van der Waals surface area (Å²) in [5.74, 6) is 0.105. The molecule has 3 nitrogen and oxygen atoms in total. The van der Waals surface area contributed by atoms with Crippen LogP contribution in [0.15, 0.2) is 18.2 Å². The summed E-state index contributed by atoms with van der Waals surface area (Å²) in [6.07, 6.45) is 2.50. The van der Waals surface area contributed by atoms with E-state index < -0.39 is 5.82 Å². The molecule has 0 atom stereocenters. The molecule has 18 heavy (non-hydrogen) atoms. The van der Waals surface area contributed by atoms with Crippen molar-refractivity contribution < 1.29 is 9.18 Å². The molecule has 1 aromatic carbocycles. The smallest absolute Gasteiger partial charge is 0.238 e. The molecular weight excluding hydrogens is 278 g/mol.